The lowest BCUT2D eigenvalue weighted by Crippen LogP contribution is -2.58. The van der Waals surface area contributed by atoms with Gasteiger partial charge < -0.3 is 4.57 Å². The van der Waals surface area contributed by atoms with Crippen LogP contribution >= 0.6 is 0 Å². The molecule has 1 aliphatic carbocycles. The van der Waals surface area contributed by atoms with Crippen LogP contribution in [0.5, 0.6) is 0 Å². The first-order valence-electron chi connectivity index (χ1n) is 9.71. The molecule has 2 heterocycles. The van der Waals surface area contributed by atoms with Gasteiger partial charge in [0, 0.05) is 23.0 Å². The molecule has 1 N–H and O–H groups in total. The predicted octanol–water partition coefficient (Wildman–Crippen LogP) is 3.65. The second-order valence-corrected chi connectivity index (χ2v) is 8.62. The molecule has 0 spiro atoms. The first-order valence-corrected chi connectivity index (χ1v) is 9.71. The highest BCUT2D eigenvalue weighted by Crippen LogP contribution is 2.29. The van der Waals surface area contributed by atoms with E-state index in [0.717, 1.165) is 49.1 Å². The third kappa shape index (κ3) is 3.57. The molecule has 6 heteroatoms. The molecule has 6 nitrogen and oxygen atoms in total. The topological polar surface area (TPSA) is 71.4 Å². The molecule has 4 amide bonds. The summed E-state index contributed by atoms with van der Waals surface area (Å²) in [4.78, 5) is 39.0. The van der Waals surface area contributed by atoms with Crippen LogP contribution in [0.25, 0.3) is 6.08 Å². The summed E-state index contributed by atoms with van der Waals surface area (Å²) in [6.07, 6.45) is 6.37. The van der Waals surface area contributed by atoms with E-state index in [1.807, 2.05) is 19.9 Å². The van der Waals surface area contributed by atoms with Crippen molar-refractivity contribution in [3.63, 3.8) is 0 Å². The van der Waals surface area contributed by atoms with Gasteiger partial charge in [0.1, 0.15) is 5.57 Å². The fourth-order valence-electron chi connectivity index (χ4n) is 4.46. The van der Waals surface area contributed by atoms with E-state index in [0.29, 0.717) is 0 Å². The SMILES string of the molecule is Cc1cc(C=C2C(=O)NC(=O)N(C3CCCCC3)C2=O)c(C)n1C(C)(C)C. The van der Waals surface area contributed by atoms with Crippen LogP contribution in [0, 0.1) is 13.8 Å². The van der Waals surface area contributed by atoms with Gasteiger partial charge in [-0.3, -0.25) is 19.8 Å². The number of imide groups is 2. The Morgan fingerprint density at radius 3 is 2.26 bits per heavy atom. The van der Waals surface area contributed by atoms with Crippen LogP contribution in [-0.4, -0.2) is 33.4 Å². The molecule has 1 aromatic heterocycles. The van der Waals surface area contributed by atoms with Gasteiger partial charge in [-0.25, -0.2) is 4.79 Å². The van der Waals surface area contributed by atoms with Gasteiger partial charge in [-0.1, -0.05) is 19.3 Å². The van der Waals surface area contributed by atoms with Crippen molar-refractivity contribution in [1.29, 1.82) is 0 Å². The van der Waals surface area contributed by atoms with E-state index in [-0.39, 0.29) is 17.2 Å². The van der Waals surface area contributed by atoms with Crippen molar-refractivity contribution in [3.05, 3.63) is 28.6 Å². The van der Waals surface area contributed by atoms with Crippen LogP contribution in [0.3, 0.4) is 0 Å². The summed E-state index contributed by atoms with van der Waals surface area (Å²) in [5.41, 5.74) is 2.83. The Morgan fingerprint density at radius 2 is 1.70 bits per heavy atom. The third-order valence-electron chi connectivity index (χ3n) is 5.51. The maximum absolute atomic E-state index is 13.0. The first-order chi connectivity index (χ1) is 12.6. The molecule has 1 saturated heterocycles. The lowest BCUT2D eigenvalue weighted by atomic mass is 9.93. The predicted molar refractivity (Wildman–Crippen MR) is 104 cm³/mol. The minimum atomic E-state index is -0.613. The van der Waals surface area contributed by atoms with Gasteiger partial charge in [0.25, 0.3) is 11.8 Å². The summed E-state index contributed by atoms with van der Waals surface area (Å²) in [5.74, 6) is -1.09. The van der Waals surface area contributed by atoms with Crippen molar-refractivity contribution < 1.29 is 14.4 Å². The molecular weight excluding hydrogens is 342 g/mol. The number of hydrogen-bond donors (Lipinski definition) is 1. The van der Waals surface area contributed by atoms with Crippen molar-refractivity contribution >= 4 is 23.9 Å². The van der Waals surface area contributed by atoms with Crippen molar-refractivity contribution in [1.82, 2.24) is 14.8 Å². The van der Waals surface area contributed by atoms with Crippen molar-refractivity contribution in [2.24, 2.45) is 0 Å². The van der Waals surface area contributed by atoms with Gasteiger partial charge >= 0.3 is 6.03 Å². The second kappa shape index (κ2) is 6.98. The van der Waals surface area contributed by atoms with Crippen LogP contribution in [-0.2, 0) is 15.1 Å². The van der Waals surface area contributed by atoms with Gasteiger partial charge in [0.15, 0.2) is 0 Å². The fourth-order valence-corrected chi connectivity index (χ4v) is 4.46. The maximum atomic E-state index is 13.0. The van der Waals surface area contributed by atoms with E-state index in [4.69, 9.17) is 0 Å². The number of hydrogen-bond acceptors (Lipinski definition) is 3. The average molecular weight is 371 g/mol. The first kappa shape index (κ1) is 19.4. The van der Waals surface area contributed by atoms with Crippen molar-refractivity contribution in [2.75, 3.05) is 0 Å². The summed E-state index contributed by atoms with van der Waals surface area (Å²) < 4.78 is 2.19. The number of amides is 4. The average Bonchev–Trinajstić information content (AvgIpc) is 2.86. The summed E-state index contributed by atoms with van der Waals surface area (Å²) in [7, 11) is 0. The minimum Gasteiger partial charge on any atom is -0.343 e. The smallest absolute Gasteiger partial charge is 0.331 e. The lowest BCUT2D eigenvalue weighted by molar-refractivity contribution is -0.132. The zero-order chi connectivity index (χ0) is 19.9. The molecule has 146 valence electrons. The summed E-state index contributed by atoms with van der Waals surface area (Å²) in [5, 5.41) is 2.35. The van der Waals surface area contributed by atoms with Crippen molar-refractivity contribution in [2.45, 2.75) is 78.3 Å². The van der Waals surface area contributed by atoms with Crippen LogP contribution in [0.15, 0.2) is 11.6 Å². The molecule has 0 atom stereocenters. The molecule has 0 radical (unpaired) electrons. The Labute approximate surface area is 160 Å². The highest BCUT2D eigenvalue weighted by Gasteiger charge is 2.40. The molecule has 3 rings (SSSR count). The number of carbonyl (C=O) groups is 3. The molecule has 0 unspecified atom stereocenters. The molecule has 1 aromatic rings. The maximum Gasteiger partial charge on any atom is 0.331 e. The number of rotatable bonds is 2. The number of aromatic nitrogens is 1. The number of carbonyl (C=O) groups excluding carboxylic acids is 3. The summed E-state index contributed by atoms with van der Waals surface area (Å²) in [6.45, 7) is 10.4. The molecular formula is C21H29N3O3. The zero-order valence-corrected chi connectivity index (χ0v) is 16.9. The van der Waals surface area contributed by atoms with E-state index in [9.17, 15) is 14.4 Å². The monoisotopic (exact) mass is 371 g/mol. The van der Waals surface area contributed by atoms with E-state index in [1.165, 1.54) is 4.90 Å². The minimum absolute atomic E-state index is 0.0364. The van der Waals surface area contributed by atoms with E-state index < -0.39 is 17.8 Å². The van der Waals surface area contributed by atoms with Crippen LogP contribution in [0.1, 0.15) is 69.8 Å². The summed E-state index contributed by atoms with van der Waals surface area (Å²) in [6, 6.07) is 1.27. The molecule has 2 aliphatic rings. The highest BCUT2D eigenvalue weighted by atomic mass is 16.2. The van der Waals surface area contributed by atoms with Gasteiger partial charge in [-0.15, -0.1) is 0 Å². The van der Waals surface area contributed by atoms with E-state index in [1.54, 1.807) is 6.08 Å². The quantitative estimate of drug-likeness (QED) is 0.637. The Bertz CT molecular complexity index is 820. The van der Waals surface area contributed by atoms with Gasteiger partial charge in [0.05, 0.1) is 0 Å². The van der Waals surface area contributed by atoms with E-state index >= 15 is 0 Å². The second-order valence-electron chi connectivity index (χ2n) is 8.62. The highest BCUT2D eigenvalue weighted by molar-refractivity contribution is 6.31. The van der Waals surface area contributed by atoms with Gasteiger partial charge in [0.2, 0.25) is 0 Å². The molecule has 27 heavy (non-hydrogen) atoms. The number of nitrogens with one attached hydrogen (secondary N) is 1. The van der Waals surface area contributed by atoms with Crippen LogP contribution in [0.4, 0.5) is 4.79 Å². The molecule has 0 bridgehead atoms. The van der Waals surface area contributed by atoms with E-state index in [2.05, 4.69) is 30.7 Å². The standard InChI is InChI=1S/C21H29N3O3/c1-13-11-15(14(2)24(13)21(3,4)5)12-17-18(25)22-20(27)23(19(17)26)16-9-7-6-8-10-16/h11-12,16H,6-10H2,1-5H3,(H,22,25,27). The Balaban J connectivity index is 1.99. The largest absolute Gasteiger partial charge is 0.343 e. The van der Waals surface area contributed by atoms with Crippen LogP contribution < -0.4 is 5.32 Å². The number of urea groups is 1. The summed E-state index contributed by atoms with van der Waals surface area (Å²) >= 11 is 0. The number of aryl methyl sites for hydroxylation is 1. The Morgan fingerprint density at radius 1 is 1.07 bits per heavy atom. The lowest BCUT2D eigenvalue weighted by Gasteiger charge is -2.35. The Hall–Kier alpha value is -2.37. The van der Waals surface area contributed by atoms with Crippen LogP contribution in [0.2, 0.25) is 0 Å². The fraction of sp³-hybridized carbons (Fsp3) is 0.571. The Kier molecular flexibility index (Phi) is 5.02. The number of nitrogens with zero attached hydrogens (tertiary/aromatic N) is 2. The third-order valence-corrected chi connectivity index (χ3v) is 5.51. The molecule has 0 aromatic carbocycles. The molecule has 1 saturated carbocycles. The van der Waals surface area contributed by atoms with Gasteiger partial charge in [-0.05, 0) is 65.2 Å². The molecule has 1 aliphatic heterocycles. The van der Waals surface area contributed by atoms with Gasteiger partial charge in [-0.2, -0.15) is 0 Å². The normalized spacial score (nSPS) is 21.1. The zero-order valence-electron chi connectivity index (χ0n) is 16.9. The number of barbiturate groups is 1. The molecule has 2 fully saturated rings. The van der Waals surface area contributed by atoms with Crippen molar-refractivity contribution in [3.8, 4) is 0 Å².